The van der Waals surface area contributed by atoms with Crippen LogP contribution in [-0.2, 0) is 6.54 Å². The van der Waals surface area contributed by atoms with Crippen LogP contribution in [0.1, 0.15) is 38.8 Å². The molecular formula is C16H28N6. The fourth-order valence-electron chi connectivity index (χ4n) is 2.71. The van der Waals surface area contributed by atoms with Crippen LogP contribution in [0.3, 0.4) is 0 Å². The van der Waals surface area contributed by atoms with Crippen LogP contribution in [-0.4, -0.2) is 50.6 Å². The molecule has 0 aliphatic rings. The van der Waals surface area contributed by atoms with Gasteiger partial charge in [-0.3, -0.25) is 0 Å². The van der Waals surface area contributed by atoms with Crippen molar-refractivity contribution in [2.45, 2.75) is 47.6 Å². The lowest BCUT2D eigenvalue weighted by molar-refractivity contribution is 0.316. The number of nitrogens with one attached hydrogen (secondary N) is 1. The van der Waals surface area contributed by atoms with Crippen molar-refractivity contribution in [1.82, 2.24) is 24.4 Å². The molecule has 0 aliphatic heterocycles. The van der Waals surface area contributed by atoms with Gasteiger partial charge in [-0.25, -0.2) is 15.0 Å². The van der Waals surface area contributed by atoms with Gasteiger partial charge in [-0.15, -0.1) is 0 Å². The zero-order valence-corrected chi connectivity index (χ0v) is 14.5. The van der Waals surface area contributed by atoms with Gasteiger partial charge < -0.3 is 14.8 Å². The first-order valence-corrected chi connectivity index (χ1v) is 8.28. The third kappa shape index (κ3) is 3.55. The number of imidazole rings is 1. The second-order valence-corrected chi connectivity index (χ2v) is 5.56. The molecule has 0 bridgehead atoms. The summed E-state index contributed by atoms with van der Waals surface area (Å²) in [6.07, 6.45) is 1.07. The summed E-state index contributed by atoms with van der Waals surface area (Å²) in [5.41, 5.74) is 1.83. The van der Waals surface area contributed by atoms with E-state index in [2.05, 4.69) is 50.5 Å². The Morgan fingerprint density at radius 1 is 1.05 bits per heavy atom. The number of rotatable bonds is 8. The average molecular weight is 304 g/mol. The van der Waals surface area contributed by atoms with Crippen LogP contribution < -0.4 is 5.32 Å². The first-order chi connectivity index (χ1) is 10.6. The highest BCUT2D eigenvalue weighted by molar-refractivity contribution is 5.83. The summed E-state index contributed by atoms with van der Waals surface area (Å²) in [6.45, 7) is 15.5. The Morgan fingerprint density at radius 2 is 1.77 bits per heavy atom. The van der Waals surface area contributed by atoms with Gasteiger partial charge in [0.2, 0.25) is 0 Å². The quantitative estimate of drug-likeness (QED) is 0.812. The highest BCUT2D eigenvalue weighted by Crippen LogP contribution is 2.21. The summed E-state index contributed by atoms with van der Waals surface area (Å²) in [7, 11) is 0. The predicted octanol–water partition coefficient (Wildman–Crippen LogP) is 2.61. The van der Waals surface area contributed by atoms with E-state index < -0.39 is 0 Å². The molecule has 0 saturated carbocycles. The SMILES string of the molecule is CCCn1c(C)nc2c(NCCN(CC)CC)nc(C)nc21. The summed E-state index contributed by atoms with van der Waals surface area (Å²) in [5, 5.41) is 3.44. The molecule has 1 N–H and O–H groups in total. The number of likely N-dealkylation sites (N-methyl/N-ethyl adjacent to an activating group) is 1. The normalized spacial score (nSPS) is 11.5. The standard InChI is InChI=1S/C16H28N6/c1-6-10-22-13(5)20-14-15(18-12(4)19-16(14)22)17-9-11-21(7-2)8-3/h6-11H2,1-5H3,(H,17,18,19). The Morgan fingerprint density at radius 3 is 2.41 bits per heavy atom. The highest BCUT2D eigenvalue weighted by Gasteiger charge is 2.14. The Bertz CT molecular complexity index is 615. The van der Waals surface area contributed by atoms with Crippen LogP contribution in [0.5, 0.6) is 0 Å². The van der Waals surface area contributed by atoms with Crippen LogP contribution >= 0.6 is 0 Å². The van der Waals surface area contributed by atoms with Crippen molar-refractivity contribution in [2.75, 3.05) is 31.5 Å². The summed E-state index contributed by atoms with van der Waals surface area (Å²) in [5.74, 6) is 2.64. The van der Waals surface area contributed by atoms with Gasteiger partial charge in [0.25, 0.3) is 0 Å². The molecule has 0 amide bonds. The van der Waals surface area contributed by atoms with Crippen molar-refractivity contribution in [3.05, 3.63) is 11.6 Å². The molecule has 6 nitrogen and oxygen atoms in total. The molecule has 0 aromatic carbocycles. The number of hydrogen-bond acceptors (Lipinski definition) is 5. The minimum Gasteiger partial charge on any atom is -0.367 e. The molecule has 0 saturated heterocycles. The molecule has 2 heterocycles. The van der Waals surface area contributed by atoms with E-state index in [0.717, 1.165) is 67.8 Å². The maximum Gasteiger partial charge on any atom is 0.165 e. The van der Waals surface area contributed by atoms with E-state index in [1.165, 1.54) is 0 Å². The van der Waals surface area contributed by atoms with Crippen molar-refractivity contribution >= 4 is 17.0 Å². The van der Waals surface area contributed by atoms with Gasteiger partial charge in [0.15, 0.2) is 17.0 Å². The molecular weight excluding hydrogens is 276 g/mol. The highest BCUT2D eigenvalue weighted by atomic mass is 15.2. The number of fused-ring (bicyclic) bond motifs is 1. The number of anilines is 1. The second-order valence-electron chi connectivity index (χ2n) is 5.56. The minimum atomic E-state index is 0.787. The molecule has 2 aromatic heterocycles. The van der Waals surface area contributed by atoms with Crippen LogP contribution in [0.2, 0.25) is 0 Å². The molecule has 0 fully saturated rings. The summed E-state index contributed by atoms with van der Waals surface area (Å²) < 4.78 is 2.18. The van der Waals surface area contributed by atoms with Crippen LogP contribution in [0, 0.1) is 13.8 Å². The van der Waals surface area contributed by atoms with Gasteiger partial charge in [-0.1, -0.05) is 20.8 Å². The fraction of sp³-hybridized carbons (Fsp3) is 0.688. The summed E-state index contributed by atoms with van der Waals surface area (Å²) in [6, 6.07) is 0. The monoisotopic (exact) mass is 304 g/mol. The number of aromatic nitrogens is 4. The first-order valence-electron chi connectivity index (χ1n) is 8.28. The molecule has 2 rings (SSSR count). The third-order valence-electron chi connectivity index (χ3n) is 3.96. The maximum atomic E-state index is 4.67. The number of aryl methyl sites for hydroxylation is 3. The Hall–Kier alpha value is -1.69. The van der Waals surface area contributed by atoms with Crippen molar-refractivity contribution < 1.29 is 0 Å². The number of hydrogen-bond donors (Lipinski definition) is 1. The summed E-state index contributed by atoms with van der Waals surface area (Å²) >= 11 is 0. The Kier molecular flexibility index (Phi) is 5.71. The Labute approximate surface area is 133 Å². The van der Waals surface area contributed by atoms with E-state index in [9.17, 15) is 0 Å². The zero-order chi connectivity index (χ0) is 16.1. The third-order valence-corrected chi connectivity index (χ3v) is 3.96. The average Bonchev–Trinajstić information content (AvgIpc) is 2.81. The topological polar surface area (TPSA) is 58.9 Å². The smallest absolute Gasteiger partial charge is 0.165 e. The van der Waals surface area contributed by atoms with Crippen LogP contribution in [0.25, 0.3) is 11.2 Å². The largest absolute Gasteiger partial charge is 0.367 e. The Balaban J connectivity index is 2.24. The fourth-order valence-corrected chi connectivity index (χ4v) is 2.71. The molecule has 0 spiro atoms. The van der Waals surface area contributed by atoms with Gasteiger partial charge in [0.1, 0.15) is 11.6 Å². The van der Waals surface area contributed by atoms with Gasteiger partial charge >= 0.3 is 0 Å². The van der Waals surface area contributed by atoms with Crippen LogP contribution in [0.4, 0.5) is 5.82 Å². The van der Waals surface area contributed by atoms with Crippen molar-refractivity contribution in [3.63, 3.8) is 0 Å². The van der Waals surface area contributed by atoms with E-state index >= 15 is 0 Å². The van der Waals surface area contributed by atoms with E-state index in [-0.39, 0.29) is 0 Å². The van der Waals surface area contributed by atoms with E-state index in [0.29, 0.717) is 0 Å². The number of nitrogens with zero attached hydrogens (tertiary/aromatic N) is 5. The molecule has 0 aliphatic carbocycles. The lowest BCUT2D eigenvalue weighted by Gasteiger charge is -2.18. The minimum absolute atomic E-state index is 0.787. The predicted molar refractivity (Wildman–Crippen MR) is 91.4 cm³/mol. The maximum absolute atomic E-state index is 4.67. The van der Waals surface area contributed by atoms with Crippen molar-refractivity contribution in [1.29, 1.82) is 0 Å². The molecule has 0 unspecified atom stereocenters. The van der Waals surface area contributed by atoms with E-state index in [1.54, 1.807) is 0 Å². The van der Waals surface area contributed by atoms with Gasteiger partial charge in [0, 0.05) is 19.6 Å². The molecule has 0 atom stereocenters. The zero-order valence-electron chi connectivity index (χ0n) is 14.5. The molecule has 6 heteroatoms. The molecule has 2 aromatic rings. The van der Waals surface area contributed by atoms with Crippen LogP contribution in [0.15, 0.2) is 0 Å². The second kappa shape index (κ2) is 7.54. The van der Waals surface area contributed by atoms with Crippen molar-refractivity contribution in [2.24, 2.45) is 0 Å². The van der Waals surface area contributed by atoms with Gasteiger partial charge in [0.05, 0.1) is 0 Å². The molecule has 122 valence electrons. The first kappa shape index (κ1) is 16.7. The van der Waals surface area contributed by atoms with Crippen molar-refractivity contribution in [3.8, 4) is 0 Å². The lowest BCUT2D eigenvalue weighted by Crippen LogP contribution is -2.28. The lowest BCUT2D eigenvalue weighted by atomic mass is 10.4. The van der Waals surface area contributed by atoms with E-state index in [1.807, 2.05) is 13.8 Å². The van der Waals surface area contributed by atoms with Gasteiger partial charge in [-0.2, -0.15) is 0 Å². The molecule has 22 heavy (non-hydrogen) atoms. The van der Waals surface area contributed by atoms with E-state index in [4.69, 9.17) is 0 Å². The molecule has 0 radical (unpaired) electrons. The summed E-state index contributed by atoms with van der Waals surface area (Å²) in [4.78, 5) is 16.2. The van der Waals surface area contributed by atoms with Gasteiger partial charge in [-0.05, 0) is 33.4 Å².